The Morgan fingerprint density at radius 3 is 2.76 bits per heavy atom. The molecule has 0 atom stereocenters. The molecule has 13 heteroatoms. The van der Waals surface area contributed by atoms with Crippen LogP contribution in [0, 0.1) is 0 Å². The summed E-state index contributed by atoms with van der Waals surface area (Å²) in [5, 5.41) is 10.9. The minimum Gasteiger partial charge on any atom is -0.450 e. The van der Waals surface area contributed by atoms with Crippen LogP contribution in [0.15, 0.2) is 47.0 Å². The molecule has 1 fully saturated rings. The zero-order chi connectivity index (χ0) is 23.8. The second-order valence-corrected chi connectivity index (χ2v) is 9.69. The molecule has 1 aliphatic rings. The van der Waals surface area contributed by atoms with Gasteiger partial charge in [-0.2, -0.15) is 4.31 Å². The molecular formula is C20H25N5O6S2. The van der Waals surface area contributed by atoms with Crippen LogP contribution in [-0.2, 0) is 30.8 Å². The second-order valence-electron chi connectivity index (χ2n) is 6.81. The topological polar surface area (TPSA) is 133 Å². The van der Waals surface area contributed by atoms with Gasteiger partial charge >= 0.3 is 6.09 Å². The van der Waals surface area contributed by atoms with Crippen LogP contribution in [0.5, 0.6) is 0 Å². The smallest absolute Gasteiger partial charge is 0.413 e. The van der Waals surface area contributed by atoms with Gasteiger partial charge in [0.25, 0.3) is 0 Å². The Balaban J connectivity index is 1.81. The van der Waals surface area contributed by atoms with Crippen molar-refractivity contribution in [2.75, 3.05) is 38.7 Å². The van der Waals surface area contributed by atoms with Gasteiger partial charge in [0.2, 0.25) is 15.9 Å². The summed E-state index contributed by atoms with van der Waals surface area (Å²) in [7, 11) is -3.67. The number of ether oxygens (including phenoxy) is 2. The lowest BCUT2D eigenvalue weighted by atomic mass is 10.2. The Morgan fingerprint density at radius 1 is 1.30 bits per heavy atom. The van der Waals surface area contributed by atoms with E-state index in [1.165, 1.54) is 10.4 Å². The van der Waals surface area contributed by atoms with Gasteiger partial charge in [-0.15, -0.1) is 16.8 Å². The average molecular weight is 496 g/mol. The zero-order valence-corrected chi connectivity index (χ0v) is 19.7. The van der Waals surface area contributed by atoms with Gasteiger partial charge < -0.3 is 9.47 Å². The molecule has 1 aromatic carbocycles. The van der Waals surface area contributed by atoms with Gasteiger partial charge in [0.1, 0.15) is 0 Å². The molecule has 2 amide bonds. The van der Waals surface area contributed by atoms with Gasteiger partial charge in [0.05, 0.1) is 30.5 Å². The summed E-state index contributed by atoms with van der Waals surface area (Å²) in [5.74, 6) is -0.187. The lowest BCUT2D eigenvalue weighted by Crippen LogP contribution is -2.40. The van der Waals surface area contributed by atoms with Crippen LogP contribution in [0.3, 0.4) is 0 Å². The first-order valence-electron chi connectivity index (χ1n) is 10.2. The Morgan fingerprint density at radius 2 is 2.06 bits per heavy atom. The summed E-state index contributed by atoms with van der Waals surface area (Å²) in [6, 6.07) is 6.48. The summed E-state index contributed by atoms with van der Waals surface area (Å²) >= 11 is 1.08. The van der Waals surface area contributed by atoms with Crippen molar-refractivity contribution in [1.29, 1.82) is 0 Å². The predicted molar refractivity (Wildman–Crippen MR) is 121 cm³/mol. The number of rotatable bonds is 9. The van der Waals surface area contributed by atoms with Gasteiger partial charge in [-0.1, -0.05) is 30.0 Å². The van der Waals surface area contributed by atoms with Crippen molar-refractivity contribution in [1.82, 2.24) is 24.4 Å². The molecule has 0 saturated carbocycles. The summed E-state index contributed by atoms with van der Waals surface area (Å²) in [4.78, 5) is 23.5. The molecule has 0 radical (unpaired) electrons. The minimum atomic E-state index is -3.67. The summed E-state index contributed by atoms with van der Waals surface area (Å²) in [5.41, 5.74) is 0.557. The maximum atomic E-state index is 13.0. The van der Waals surface area contributed by atoms with Gasteiger partial charge in [0, 0.05) is 25.2 Å². The number of benzene rings is 1. The number of alkyl carbamates (subject to hydrolysis) is 1. The van der Waals surface area contributed by atoms with Gasteiger partial charge in [0.15, 0.2) is 11.0 Å². The fourth-order valence-corrected chi connectivity index (χ4v) is 5.28. The fourth-order valence-electron chi connectivity index (χ4n) is 3.08. The van der Waals surface area contributed by atoms with Crippen LogP contribution in [0.2, 0.25) is 0 Å². The molecule has 1 N–H and O–H groups in total. The molecule has 0 spiro atoms. The lowest BCUT2D eigenvalue weighted by molar-refractivity contribution is -0.117. The van der Waals surface area contributed by atoms with Crippen LogP contribution in [0.4, 0.5) is 4.79 Å². The Kier molecular flexibility index (Phi) is 8.61. The highest BCUT2D eigenvalue weighted by Crippen LogP contribution is 2.27. The van der Waals surface area contributed by atoms with E-state index >= 15 is 0 Å². The Bertz CT molecular complexity index is 1110. The third-order valence-corrected chi connectivity index (χ3v) is 7.44. The molecule has 2 heterocycles. The largest absolute Gasteiger partial charge is 0.450 e. The van der Waals surface area contributed by atoms with Crippen LogP contribution >= 0.6 is 11.8 Å². The molecule has 0 unspecified atom stereocenters. The fraction of sp³-hybridized carbons (Fsp3) is 0.400. The van der Waals surface area contributed by atoms with E-state index in [2.05, 4.69) is 26.8 Å². The van der Waals surface area contributed by atoms with Gasteiger partial charge in [-0.25, -0.2) is 13.2 Å². The summed E-state index contributed by atoms with van der Waals surface area (Å²) in [6.45, 7) is 7.19. The number of amides is 2. The van der Waals surface area contributed by atoms with Crippen molar-refractivity contribution in [2.24, 2.45) is 0 Å². The second kappa shape index (κ2) is 11.4. The number of morpholine rings is 1. The molecular weight excluding hydrogens is 470 g/mol. The monoisotopic (exact) mass is 495 g/mol. The average Bonchev–Trinajstić information content (AvgIpc) is 3.21. The third kappa shape index (κ3) is 6.19. The van der Waals surface area contributed by atoms with E-state index in [1.54, 1.807) is 35.8 Å². The predicted octanol–water partition coefficient (Wildman–Crippen LogP) is 1.52. The number of hydrogen-bond donors (Lipinski definition) is 1. The molecule has 11 nitrogen and oxygen atoms in total. The van der Waals surface area contributed by atoms with Crippen molar-refractivity contribution in [2.45, 2.75) is 23.5 Å². The van der Waals surface area contributed by atoms with E-state index in [4.69, 9.17) is 4.74 Å². The van der Waals surface area contributed by atoms with Crippen molar-refractivity contribution >= 4 is 33.8 Å². The maximum Gasteiger partial charge on any atom is 0.413 e. The molecule has 33 heavy (non-hydrogen) atoms. The number of aromatic nitrogens is 3. The highest BCUT2D eigenvalue weighted by molar-refractivity contribution is 7.99. The molecule has 1 aromatic heterocycles. The van der Waals surface area contributed by atoms with E-state index in [1.807, 2.05) is 0 Å². The van der Waals surface area contributed by atoms with Gasteiger partial charge in [-0.05, 0) is 19.1 Å². The third-order valence-electron chi connectivity index (χ3n) is 4.58. The van der Waals surface area contributed by atoms with Crippen LogP contribution in [0.1, 0.15) is 6.92 Å². The minimum absolute atomic E-state index is 0.0838. The zero-order valence-electron chi connectivity index (χ0n) is 18.1. The van der Waals surface area contributed by atoms with E-state index < -0.39 is 22.0 Å². The first-order chi connectivity index (χ1) is 15.9. The van der Waals surface area contributed by atoms with E-state index in [-0.39, 0.29) is 17.3 Å². The number of carbonyl (C=O) groups is 2. The molecule has 3 rings (SSSR count). The number of allylic oxidation sites excluding steroid dienone is 1. The highest BCUT2D eigenvalue weighted by atomic mass is 32.2. The number of nitrogens with zero attached hydrogens (tertiary/aromatic N) is 4. The molecule has 0 aliphatic carbocycles. The number of thioether (sulfide) groups is 1. The lowest BCUT2D eigenvalue weighted by Gasteiger charge is -2.26. The first-order valence-corrected chi connectivity index (χ1v) is 12.6. The van der Waals surface area contributed by atoms with Gasteiger partial charge in [-0.3, -0.25) is 14.7 Å². The van der Waals surface area contributed by atoms with E-state index in [9.17, 15) is 18.0 Å². The molecule has 2 aromatic rings. The van der Waals surface area contributed by atoms with E-state index in [0.717, 1.165) is 11.8 Å². The van der Waals surface area contributed by atoms with Crippen LogP contribution in [0.25, 0.3) is 11.4 Å². The standard InChI is InChI=1S/C20H25N5O6S2/c1-3-8-25-18(22-23-19(25)32-14-17(26)21-20(27)31-4-2)15-6-5-7-16(13-15)33(28,29)24-9-11-30-12-10-24/h3,5-7,13H,1,4,8-12,14H2,2H3,(H,21,26,27). The Labute approximate surface area is 196 Å². The molecule has 1 aliphatic heterocycles. The first kappa shape index (κ1) is 24.9. The van der Waals surface area contributed by atoms with E-state index in [0.29, 0.717) is 49.4 Å². The number of hydrogen-bond acceptors (Lipinski definition) is 9. The van der Waals surface area contributed by atoms with Crippen LogP contribution in [-0.4, -0.2) is 78.2 Å². The summed E-state index contributed by atoms with van der Waals surface area (Å²) in [6.07, 6.45) is 0.832. The Hall–Kier alpha value is -2.74. The van der Waals surface area contributed by atoms with Crippen molar-refractivity contribution in [3.8, 4) is 11.4 Å². The molecule has 0 bridgehead atoms. The van der Waals surface area contributed by atoms with Crippen LogP contribution < -0.4 is 5.32 Å². The number of imide groups is 1. The van der Waals surface area contributed by atoms with Crippen molar-refractivity contribution in [3.63, 3.8) is 0 Å². The number of nitrogens with one attached hydrogen (secondary N) is 1. The number of sulfonamides is 1. The molecule has 178 valence electrons. The van der Waals surface area contributed by atoms with Crippen molar-refractivity contribution < 1.29 is 27.5 Å². The number of carbonyl (C=O) groups excluding carboxylic acids is 2. The quantitative estimate of drug-likeness (QED) is 0.406. The molecule has 1 saturated heterocycles. The van der Waals surface area contributed by atoms with Crippen molar-refractivity contribution in [3.05, 3.63) is 36.9 Å². The highest BCUT2D eigenvalue weighted by Gasteiger charge is 2.27. The maximum absolute atomic E-state index is 13.0. The normalized spacial score (nSPS) is 14.6. The summed E-state index contributed by atoms with van der Waals surface area (Å²) < 4.78 is 39.1. The SMILES string of the molecule is C=CCn1c(SCC(=O)NC(=O)OCC)nnc1-c1cccc(S(=O)(=O)N2CCOCC2)c1.